The van der Waals surface area contributed by atoms with Crippen LogP contribution in [0.15, 0.2) is 40.9 Å². The largest absolute Gasteiger partial charge is 0.493 e. The molecule has 30 heavy (non-hydrogen) atoms. The molecule has 0 N–H and O–H groups in total. The smallest absolute Gasteiger partial charge is 0.232 e. The Bertz CT molecular complexity index is 1050. The molecular formula is C22H23N3O5. The SMILES string of the molecule is COc1cc(N2CC(c3nc(-c4cccc(C)c4)no3)CC2=O)cc(OC)c1OC. The molecule has 8 nitrogen and oxygen atoms in total. The molecule has 3 aromatic rings. The highest BCUT2D eigenvalue weighted by Crippen LogP contribution is 2.43. The zero-order chi connectivity index (χ0) is 21.3. The molecule has 156 valence electrons. The Hall–Kier alpha value is -3.55. The highest BCUT2D eigenvalue weighted by Gasteiger charge is 2.36. The molecule has 1 atom stereocenters. The quantitative estimate of drug-likeness (QED) is 0.615. The molecule has 8 heteroatoms. The first-order chi connectivity index (χ1) is 14.5. The Kier molecular flexibility index (Phi) is 5.31. The van der Waals surface area contributed by atoms with Crippen molar-refractivity contribution >= 4 is 11.6 Å². The van der Waals surface area contributed by atoms with Gasteiger partial charge in [0.1, 0.15) is 0 Å². The number of aryl methyl sites for hydroxylation is 1. The van der Waals surface area contributed by atoms with Crippen LogP contribution in [0.25, 0.3) is 11.4 Å². The summed E-state index contributed by atoms with van der Waals surface area (Å²) in [7, 11) is 4.63. The lowest BCUT2D eigenvalue weighted by molar-refractivity contribution is -0.117. The topological polar surface area (TPSA) is 86.9 Å². The number of nitrogens with zero attached hydrogens (tertiary/aromatic N) is 3. The van der Waals surface area contributed by atoms with Gasteiger partial charge < -0.3 is 23.6 Å². The molecule has 4 rings (SSSR count). The van der Waals surface area contributed by atoms with Gasteiger partial charge in [0.05, 0.1) is 32.9 Å². The minimum absolute atomic E-state index is 0.0374. The second-order valence-electron chi connectivity index (χ2n) is 7.11. The Morgan fingerprint density at radius 2 is 1.80 bits per heavy atom. The summed E-state index contributed by atoms with van der Waals surface area (Å²) < 4.78 is 21.7. The minimum Gasteiger partial charge on any atom is -0.493 e. The van der Waals surface area contributed by atoms with Crippen LogP contribution in [0.3, 0.4) is 0 Å². The zero-order valence-corrected chi connectivity index (χ0v) is 17.3. The van der Waals surface area contributed by atoms with Gasteiger partial charge in [0, 0.05) is 30.7 Å². The maximum absolute atomic E-state index is 12.8. The summed E-state index contributed by atoms with van der Waals surface area (Å²) in [5.74, 6) is 2.20. The third kappa shape index (κ3) is 3.56. The number of rotatable bonds is 6. The van der Waals surface area contributed by atoms with E-state index < -0.39 is 0 Å². The average molecular weight is 409 g/mol. The van der Waals surface area contributed by atoms with Gasteiger partial charge in [0.25, 0.3) is 0 Å². The minimum atomic E-state index is -0.192. The maximum atomic E-state index is 12.8. The Morgan fingerprint density at radius 1 is 1.07 bits per heavy atom. The van der Waals surface area contributed by atoms with Crippen molar-refractivity contribution in [3.63, 3.8) is 0 Å². The molecule has 1 amide bonds. The zero-order valence-electron chi connectivity index (χ0n) is 17.3. The van der Waals surface area contributed by atoms with Gasteiger partial charge in [-0.25, -0.2) is 0 Å². The fourth-order valence-electron chi connectivity index (χ4n) is 3.65. The number of amides is 1. The van der Waals surface area contributed by atoms with E-state index in [9.17, 15) is 4.79 Å². The molecule has 2 aromatic carbocycles. The van der Waals surface area contributed by atoms with Crippen molar-refractivity contribution < 1.29 is 23.5 Å². The predicted molar refractivity (Wildman–Crippen MR) is 110 cm³/mol. The molecule has 1 aliphatic heterocycles. The first-order valence-corrected chi connectivity index (χ1v) is 9.55. The molecule has 0 aliphatic carbocycles. The lowest BCUT2D eigenvalue weighted by atomic mass is 10.1. The molecule has 1 saturated heterocycles. The van der Waals surface area contributed by atoms with Gasteiger partial charge in [-0.05, 0) is 13.0 Å². The number of benzene rings is 2. The molecule has 0 spiro atoms. The number of hydrogen-bond donors (Lipinski definition) is 0. The first-order valence-electron chi connectivity index (χ1n) is 9.55. The summed E-state index contributed by atoms with van der Waals surface area (Å²) in [4.78, 5) is 19.0. The van der Waals surface area contributed by atoms with E-state index in [0.717, 1.165) is 11.1 Å². The number of aromatic nitrogens is 2. The van der Waals surface area contributed by atoms with Crippen molar-refractivity contribution in [2.75, 3.05) is 32.8 Å². The first kappa shape index (κ1) is 19.8. The van der Waals surface area contributed by atoms with Gasteiger partial charge >= 0.3 is 0 Å². The molecule has 0 bridgehead atoms. The summed E-state index contributed by atoms with van der Waals surface area (Å²) in [5, 5.41) is 4.10. The van der Waals surface area contributed by atoms with E-state index in [-0.39, 0.29) is 18.2 Å². The number of methoxy groups -OCH3 is 3. The molecule has 0 radical (unpaired) electrons. The van der Waals surface area contributed by atoms with E-state index in [4.69, 9.17) is 18.7 Å². The van der Waals surface area contributed by atoms with E-state index in [1.807, 2.05) is 31.2 Å². The van der Waals surface area contributed by atoms with E-state index >= 15 is 0 Å². The fraction of sp³-hybridized carbons (Fsp3) is 0.318. The second-order valence-corrected chi connectivity index (χ2v) is 7.11. The highest BCUT2D eigenvalue weighted by molar-refractivity contribution is 5.97. The molecule has 1 aromatic heterocycles. The van der Waals surface area contributed by atoms with Crippen molar-refractivity contribution in [2.45, 2.75) is 19.3 Å². The summed E-state index contributed by atoms with van der Waals surface area (Å²) in [6, 6.07) is 11.4. The Labute approximate surface area is 174 Å². The van der Waals surface area contributed by atoms with Gasteiger partial charge in [-0.15, -0.1) is 0 Å². The van der Waals surface area contributed by atoms with Crippen LogP contribution in [0.5, 0.6) is 17.2 Å². The number of anilines is 1. The van der Waals surface area contributed by atoms with E-state index in [2.05, 4.69) is 10.1 Å². The summed E-state index contributed by atoms with van der Waals surface area (Å²) in [6.45, 7) is 2.43. The number of ether oxygens (including phenoxy) is 3. The summed E-state index contributed by atoms with van der Waals surface area (Å²) >= 11 is 0. The van der Waals surface area contributed by atoms with Crippen LogP contribution in [0, 0.1) is 6.92 Å². The molecule has 1 fully saturated rings. The third-order valence-corrected chi connectivity index (χ3v) is 5.15. The molecule has 1 unspecified atom stereocenters. The van der Waals surface area contributed by atoms with Crippen molar-refractivity contribution in [3.8, 4) is 28.6 Å². The number of carbonyl (C=O) groups excluding carboxylic acids is 1. The summed E-state index contributed by atoms with van der Waals surface area (Å²) in [5.41, 5.74) is 2.66. The lowest BCUT2D eigenvalue weighted by Gasteiger charge is -2.20. The lowest BCUT2D eigenvalue weighted by Crippen LogP contribution is -2.24. The number of carbonyl (C=O) groups is 1. The molecule has 2 heterocycles. The van der Waals surface area contributed by atoms with Crippen LogP contribution in [-0.4, -0.2) is 43.9 Å². The van der Waals surface area contributed by atoms with Crippen LogP contribution >= 0.6 is 0 Å². The Balaban J connectivity index is 1.60. The molecule has 0 saturated carbocycles. The molecular weight excluding hydrogens is 386 g/mol. The van der Waals surface area contributed by atoms with Crippen LogP contribution in [0.2, 0.25) is 0 Å². The van der Waals surface area contributed by atoms with E-state index in [1.165, 1.54) is 0 Å². The van der Waals surface area contributed by atoms with Gasteiger partial charge in [0.2, 0.25) is 23.4 Å². The fourth-order valence-corrected chi connectivity index (χ4v) is 3.65. The second kappa shape index (κ2) is 8.06. The normalized spacial score (nSPS) is 16.1. The maximum Gasteiger partial charge on any atom is 0.232 e. The van der Waals surface area contributed by atoms with Gasteiger partial charge in [-0.3, -0.25) is 4.79 Å². The van der Waals surface area contributed by atoms with Crippen molar-refractivity contribution in [2.24, 2.45) is 0 Å². The van der Waals surface area contributed by atoms with Crippen molar-refractivity contribution in [1.29, 1.82) is 0 Å². The van der Waals surface area contributed by atoms with Gasteiger partial charge in [-0.2, -0.15) is 4.98 Å². The standard InChI is InChI=1S/C22H23N3O5/c1-13-6-5-7-14(8-13)21-23-22(30-24-21)15-9-19(26)25(12-15)16-10-17(27-2)20(29-4)18(11-16)28-3/h5-8,10-11,15H,9,12H2,1-4H3. The van der Waals surface area contributed by atoms with Crippen LogP contribution in [0.4, 0.5) is 5.69 Å². The Morgan fingerprint density at radius 3 is 2.43 bits per heavy atom. The van der Waals surface area contributed by atoms with E-state index in [0.29, 0.717) is 41.2 Å². The van der Waals surface area contributed by atoms with Gasteiger partial charge in [0.15, 0.2) is 11.5 Å². The highest BCUT2D eigenvalue weighted by atomic mass is 16.5. The third-order valence-electron chi connectivity index (χ3n) is 5.15. The predicted octanol–water partition coefficient (Wildman–Crippen LogP) is 3.59. The van der Waals surface area contributed by atoms with Crippen molar-refractivity contribution in [3.05, 3.63) is 47.9 Å². The van der Waals surface area contributed by atoms with Crippen LogP contribution in [-0.2, 0) is 4.79 Å². The van der Waals surface area contributed by atoms with Crippen LogP contribution < -0.4 is 19.1 Å². The van der Waals surface area contributed by atoms with Crippen LogP contribution in [0.1, 0.15) is 23.8 Å². The number of hydrogen-bond acceptors (Lipinski definition) is 7. The van der Waals surface area contributed by atoms with Crippen molar-refractivity contribution in [1.82, 2.24) is 10.1 Å². The van der Waals surface area contributed by atoms with Gasteiger partial charge in [-0.1, -0.05) is 28.9 Å². The monoisotopic (exact) mass is 409 g/mol. The molecule has 1 aliphatic rings. The summed E-state index contributed by atoms with van der Waals surface area (Å²) in [6.07, 6.45) is 0.284. The average Bonchev–Trinajstić information content (AvgIpc) is 3.39. The van der Waals surface area contributed by atoms with E-state index in [1.54, 1.807) is 38.4 Å².